The summed E-state index contributed by atoms with van der Waals surface area (Å²) in [4.78, 5) is 12.2. The number of ether oxygens (including phenoxy) is 4. The lowest BCUT2D eigenvalue weighted by Gasteiger charge is -2.13. The smallest absolute Gasteiger partial charge is 0.238 e. The lowest BCUT2D eigenvalue weighted by molar-refractivity contribution is -0.115. The van der Waals surface area contributed by atoms with Crippen molar-refractivity contribution in [3.8, 4) is 23.0 Å². The Kier molecular flexibility index (Phi) is 5.70. The Labute approximate surface area is 156 Å². The Morgan fingerprint density at radius 3 is 2.65 bits per heavy atom. The number of hydrogen-bond acceptors (Lipinski definition) is 6. The second kappa shape index (κ2) is 8.16. The molecule has 0 atom stereocenters. The number of methoxy groups -OCH3 is 2. The second-order valence-corrected chi connectivity index (χ2v) is 5.93. The van der Waals surface area contributed by atoms with Crippen LogP contribution in [-0.4, -0.2) is 33.5 Å². The molecule has 2 N–H and O–H groups in total. The predicted molar refractivity (Wildman–Crippen MR) is 97.5 cm³/mol. The summed E-state index contributed by atoms with van der Waals surface area (Å²) in [6.07, 6.45) is 0. The fraction of sp³-hybridized carbons (Fsp3) is 0.278. The van der Waals surface area contributed by atoms with Gasteiger partial charge in [-0.15, -0.1) is 0 Å². The number of amides is 1. The highest BCUT2D eigenvalue weighted by molar-refractivity contribution is 6.32. The van der Waals surface area contributed by atoms with Crippen molar-refractivity contribution in [3.05, 3.63) is 40.9 Å². The number of benzene rings is 2. The summed E-state index contributed by atoms with van der Waals surface area (Å²) in [5, 5.41) is 6.27. The zero-order valence-electron chi connectivity index (χ0n) is 14.4. The minimum Gasteiger partial charge on any atom is -0.495 e. The first-order valence-electron chi connectivity index (χ1n) is 7.91. The minimum atomic E-state index is -0.214. The summed E-state index contributed by atoms with van der Waals surface area (Å²) in [5.74, 6) is 2.14. The molecule has 8 heteroatoms. The molecule has 3 rings (SSSR count). The van der Waals surface area contributed by atoms with E-state index in [1.807, 2.05) is 18.2 Å². The molecule has 138 valence electrons. The van der Waals surface area contributed by atoms with Gasteiger partial charge in [-0.2, -0.15) is 0 Å². The van der Waals surface area contributed by atoms with Gasteiger partial charge in [-0.3, -0.25) is 4.79 Å². The number of nitrogens with one attached hydrogen (secondary N) is 2. The van der Waals surface area contributed by atoms with Gasteiger partial charge in [-0.05, 0) is 17.7 Å². The van der Waals surface area contributed by atoms with Crippen LogP contribution in [0.3, 0.4) is 0 Å². The lowest BCUT2D eigenvalue weighted by atomic mass is 10.2. The molecule has 0 spiro atoms. The van der Waals surface area contributed by atoms with E-state index in [4.69, 9.17) is 30.5 Å². The number of fused-ring (bicyclic) bond motifs is 1. The van der Waals surface area contributed by atoms with Gasteiger partial charge in [-0.1, -0.05) is 17.7 Å². The number of halogens is 1. The first kappa shape index (κ1) is 18.2. The highest BCUT2D eigenvalue weighted by Crippen LogP contribution is 2.36. The summed E-state index contributed by atoms with van der Waals surface area (Å²) in [5.41, 5.74) is 1.48. The summed E-state index contributed by atoms with van der Waals surface area (Å²) in [6, 6.07) is 8.88. The van der Waals surface area contributed by atoms with Gasteiger partial charge in [0.05, 0.1) is 31.5 Å². The SMILES string of the molecule is COc1cc(NC(=O)CNCc2ccc3c(c2)OCO3)c(OC)cc1Cl. The van der Waals surface area contributed by atoms with Crippen LogP contribution in [0.4, 0.5) is 5.69 Å². The van der Waals surface area contributed by atoms with E-state index in [1.165, 1.54) is 14.2 Å². The van der Waals surface area contributed by atoms with Crippen LogP contribution in [0.5, 0.6) is 23.0 Å². The Bertz CT molecular complexity index is 812. The molecule has 1 heterocycles. The molecule has 0 aromatic heterocycles. The molecule has 0 unspecified atom stereocenters. The molecule has 2 aromatic rings. The third-order valence-electron chi connectivity index (χ3n) is 3.80. The zero-order valence-corrected chi connectivity index (χ0v) is 15.2. The van der Waals surface area contributed by atoms with Crippen LogP contribution < -0.4 is 29.6 Å². The molecule has 0 saturated carbocycles. The summed E-state index contributed by atoms with van der Waals surface area (Å²) >= 11 is 6.06. The van der Waals surface area contributed by atoms with E-state index in [-0.39, 0.29) is 19.2 Å². The Morgan fingerprint density at radius 1 is 1.12 bits per heavy atom. The molecule has 0 aliphatic carbocycles. The van der Waals surface area contributed by atoms with Gasteiger partial charge in [0, 0.05) is 18.7 Å². The van der Waals surface area contributed by atoms with E-state index in [0.29, 0.717) is 34.5 Å². The van der Waals surface area contributed by atoms with Crippen molar-refractivity contribution in [2.75, 3.05) is 32.9 Å². The third-order valence-corrected chi connectivity index (χ3v) is 4.10. The molecular weight excluding hydrogens is 360 g/mol. The Morgan fingerprint density at radius 2 is 1.88 bits per heavy atom. The fourth-order valence-corrected chi connectivity index (χ4v) is 2.75. The maximum atomic E-state index is 12.2. The molecule has 1 aliphatic rings. The van der Waals surface area contributed by atoms with Crippen molar-refractivity contribution in [2.45, 2.75) is 6.54 Å². The van der Waals surface area contributed by atoms with Crippen LogP contribution >= 0.6 is 11.6 Å². The third kappa shape index (κ3) is 4.12. The number of anilines is 1. The number of carbonyl (C=O) groups is 1. The monoisotopic (exact) mass is 378 g/mol. The Balaban J connectivity index is 1.56. The van der Waals surface area contributed by atoms with Crippen LogP contribution in [0.2, 0.25) is 5.02 Å². The molecule has 0 fully saturated rings. The molecule has 2 aromatic carbocycles. The molecule has 0 saturated heterocycles. The van der Waals surface area contributed by atoms with Gasteiger partial charge in [0.1, 0.15) is 11.5 Å². The summed E-state index contributed by atoms with van der Waals surface area (Å²) in [7, 11) is 3.01. The van der Waals surface area contributed by atoms with Gasteiger partial charge in [0.15, 0.2) is 11.5 Å². The second-order valence-electron chi connectivity index (χ2n) is 5.53. The highest BCUT2D eigenvalue weighted by atomic mass is 35.5. The van der Waals surface area contributed by atoms with E-state index in [0.717, 1.165) is 11.3 Å². The minimum absolute atomic E-state index is 0.128. The standard InChI is InChI=1S/C18H19ClN2O5/c1-23-15-7-13(16(24-2)6-12(15)19)21-18(22)9-20-8-11-3-4-14-17(5-11)26-10-25-14/h3-7,20H,8-10H2,1-2H3,(H,21,22). The maximum absolute atomic E-state index is 12.2. The fourth-order valence-electron chi connectivity index (χ4n) is 2.52. The highest BCUT2D eigenvalue weighted by Gasteiger charge is 2.14. The van der Waals surface area contributed by atoms with Gasteiger partial charge in [0.25, 0.3) is 0 Å². The van der Waals surface area contributed by atoms with Gasteiger partial charge >= 0.3 is 0 Å². The Hall–Kier alpha value is -2.64. The van der Waals surface area contributed by atoms with Gasteiger partial charge in [0.2, 0.25) is 12.7 Å². The van der Waals surface area contributed by atoms with E-state index < -0.39 is 0 Å². The van der Waals surface area contributed by atoms with Crippen LogP contribution in [0.25, 0.3) is 0 Å². The quantitative estimate of drug-likeness (QED) is 0.771. The van der Waals surface area contributed by atoms with Crippen LogP contribution in [0.1, 0.15) is 5.56 Å². The number of rotatable bonds is 7. The number of hydrogen-bond donors (Lipinski definition) is 2. The molecule has 7 nitrogen and oxygen atoms in total. The van der Waals surface area contributed by atoms with Crippen molar-refractivity contribution in [1.29, 1.82) is 0 Å². The number of carbonyl (C=O) groups excluding carboxylic acids is 1. The van der Waals surface area contributed by atoms with Crippen molar-refractivity contribution < 1.29 is 23.7 Å². The van der Waals surface area contributed by atoms with E-state index >= 15 is 0 Å². The first-order valence-corrected chi connectivity index (χ1v) is 8.29. The van der Waals surface area contributed by atoms with Crippen LogP contribution in [0.15, 0.2) is 30.3 Å². The van der Waals surface area contributed by atoms with Crippen molar-refractivity contribution in [2.24, 2.45) is 0 Å². The molecule has 1 amide bonds. The van der Waals surface area contributed by atoms with E-state index in [9.17, 15) is 4.79 Å². The maximum Gasteiger partial charge on any atom is 0.238 e. The topological polar surface area (TPSA) is 78.1 Å². The zero-order chi connectivity index (χ0) is 18.5. The average molecular weight is 379 g/mol. The van der Waals surface area contributed by atoms with E-state index in [1.54, 1.807) is 12.1 Å². The first-order chi connectivity index (χ1) is 12.6. The summed E-state index contributed by atoms with van der Waals surface area (Å²) in [6.45, 7) is 0.884. The largest absolute Gasteiger partial charge is 0.495 e. The van der Waals surface area contributed by atoms with Crippen molar-refractivity contribution >= 4 is 23.2 Å². The summed E-state index contributed by atoms with van der Waals surface area (Å²) < 4.78 is 21.0. The normalized spacial score (nSPS) is 12.0. The molecule has 26 heavy (non-hydrogen) atoms. The van der Waals surface area contributed by atoms with Crippen LogP contribution in [0, 0.1) is 0 Å². The van der Waals surface area contributed by atoms with Gasteiger partial charge in [-0.25, -0.2) is 0 Å². The van der Waals surface area contributed by atoms with Gasteiger partial charge < -0.3 is 29.6 Å². The average Bonchev–Trinajstić information content (AvgIpc) is 3.10. The van der Waals surface area contributed by atoms with E-state index in [2.05, 4.69) is 10.6 Å². The molecular formula is C18H19ClN2O5. The van der Waals surface area contributed by atoms with Crippen molar-refractivity contribution in [3.63, 3.8) is 0 Å². The lowest BCUT2D eigenvalue weighted by Crippen LogP contribution is -2.27. The molecule has 0 radical (unpaired) electrons. The van der Waals surface area contributed by atoms with Crippen LogP contribution in [-0.2, 0) is 11.3 Å². The molecule has 1 aliphatic heterocycles. The molecule has 0 bridgehead atoms. The van der Waals surface area contributed by atoms with Crippen molar-refractivity contribution in [1.82, 2.24) is 5.32 Å². The predicted octanol–water partition coefficient (Wildman–Crippen LogP) is 2.81.